The molecule has 36 heavy (non-hydrogen) atoms. The Labute approximate surface area is 215 Å². The van der Waals surface area contributed by atoms with Crippen molar-refractivity contribution in [3.63, 3.8) is 0 Å². The van der Waals surface area contributed by atoms with Crippen molar-refractivity contribution in [3.05, 3.63) is 144 Å². The maximum atomic E-state index is 10.6. The first-order valence-electron chi connectivity index (χ1n) is 13.0. The summed E-state index contributed by atoms with van der Waals surface area (Å²) in [5, 5.41) is 10.6. The number of benzene rings is 4. The van der Waals surface area contributed by atoms with Crippen molar-refractivity contribution in [2.75, 3.05) is 13.3 Å². The van der Waals surface area contributed by atoms with Crippen LogP contribution in [0.25, 0.3) is 0 Å². The molecule has 1 N–H and O–H groups in total. The molecule has 184 valence electrons. The number of aliphatic hydroxyl groups excluding tert-OH is 1. The zero-order valence-corrected chi connectivity index (χ0v) is 20.9. The molecule has 0 spiro atoms. The monoisotopic (exact) mass is 476 g/mol. The largest absolute Gasteiger partial charge is 0.381 e. The minimum absolute atomic E-state index is 0.0701. The lowest BCUT2D eigenvalue weighted by atomic mass is 9.78. The SMILES string of the molecule is OCN1CCC(N(Cc2ccccc2)Cc2ccccc2)C1(Cc1ccccc1)Cc1ccccc1. The molecule has 0 aromatic heterocycles. The number of aliphatic hydroxyl groups is 1. The second-order valence-corrected chi connectivity index (χ2v) is 10.0. The number of likely N-dealkylation sites (tertiary alicyclic amines) is 1. The molecule has 4 aromatic rings. The Morgan fingerprint density at radius 2 is 1.00 bits per heavy atom. The fourth-order valence-corrected chi connectivity index (χ4v) is 6.05. The number of hydrogen-bond acceptors (Lipinski definition) is 3. The van der Waals surface area contributed by atoms with Crippen LogP contribution in [0.1, 0.15) is 28.7 Å². The molecule has 0 bridgehead atoms. The maximum absolute atomic E-state index is 10.6. The summed E-state index contributed by atoms with van der Waals surface area (Å²) in [5.74, 6) is 0. The van der Waals surface area contributed by atoms with Gasteiger partial charge in [0.2, 0.25) is 0 Å². The van der Waals surface area contributed by atoms with Crippen LogP contribution in [0.5, 0.6) is 0 Å². The molecule has 1 aliphatic heterocycles. The molecule has 1 fully saturated rings. The second kappa shape index (κ2) is 11.7. The van der Waals surface area contributed by atoms with Gasteiger partial charge in [-0.05, 0) is 41.5 Å². The standard InChI is InChI=1S/C33H36N2O/c36-27-35-22-21-32(34(25-30-17-9-3-10-18-30)26-31-19-11-4-12-20-31)33(35,23-28-13-5-1-6-14-28)24-29-15-7-2-8-16-29/h1-20,32,36H,21-27H2. The van der Waals surface area contributed by atoms with E-state index in [4.69, 9.17) is 0 Å². The number of nitrogens with zero attached hydrogens (tertiary/aromatic N) is 2. The van der Waals surface area contributed by atoms with E-state index >= 15 is 0 Å². The van der Waals surface area contributed by atoms with E-state index in [0.717, 1.165) is 38.9 Å². The van der Waals surface area contributed by atoms with Crippen LogP contribution in [0.2, 0.25) is 0 Å². The van der Waals surface area contributed by atoms with E-state index in [1.165, 1.54) is 22.3 Å². The summed E-state index contributed by atoms with van der Waals surface area (Å²) in [6.07, 6.45) is 2.82. The van der Waals surface area contributed by atoms with Gasteiger partial charge in [0.25, 0.3) is 0 Å². The summed E-state index contributed by atoms with van der Waals surface area (Å²) in [7, 11) is 0. The van der Waals surface area contributed by atoms with Crippen LogP contribution in [0.3, 0.4) is 0 Å². The second-order valence-electron chi connectivity index (χ2n) is 10.0. The lowest BCUT2D eigenvalue weighted by Crippen LogP contribution is -2.59. The van der Waals surface area contributed by atoms with E-state index in [9.17, 15) is 5.11 Å². The van der Waals surface area contributed by atoms with Crippen LogP contribution < -0.4 is 0 Å². The molecule has 0 radical (unpaired) electrons. The Bertz CT molecular complexity index is 1100. The zero-order chi connectivity index (χ0) is 24.6. The highest BCUT2D eigenvalue weighted by atomic mass is 16.3. The molecule has 1 atom stereocenters. The molecule has 1 saturated heterocycles. The molecule has 1 heterocycles. The molecule has 5 rings (SSSR count). The maximum Gasteiger partial charge on any atom is 0.0961 e. The van der Waals surface area contributed by atoms with Crippen LogP contribution in [0, 0.1) is 0 Å². The molecule has 3 nitrogen and oxygen atoms in total. The van der Waals surface area contributed by atoms with Crippen LogP contribution in [-0.2, 0) is 25.9 Å². The summed E-state index contributed by atoms with van der Waals surface area (Å²) >= 11 is 0. The van der Waals surface area contributed by atoms with E-state index in [1.54, 1.807) is 0 Å². The van der Waals surface area contributed by atoms with E-state index in [0.29, 0.717) is 0 Å². The van der Waals surface area contributed by atoms with Crippen molar-refractivity contribution < 1.29 is 5.11 Å². The summed E-state index contributed by atoms with van der Waals surface area (Å²) < 4.78 is 0. The lowest BCUT2D eigenvalue weighted by molar-refractivity contribution is -0.00510. The van der Waals surface area contributed by atoms with Crippen molar-refractivity contribution in [2.24, 2.45) is 0 Å². The Balaban J connectivity index is 1.58. The summed E-state index contributed by atoms with van der Waals surface area (Å²) in [5.41, 5.74) is 5.06. The fraction of sp³-hybridized carbons (Fsp3) is 0.273. The first kappa shape index (κ1) is 24.5. The van der Waals surface area contributed by atoms with Gasteiger partial charge in [0.05, 0.1) is 6.73 Å². The quantitative estimate of drug-likeness (QED) is 0.307. The van der Waals surface area contributed by atoms with Gasteiger partial charge in [-0.3, -0.25) is 9.80 Å². The molecular weight excluding hydrogens is 440 g/mol. The predicted octanol–water partition coefficient (Wildman–Crippen LogP) is 5.94. The molecular formula is C33H36N2O. The third-order valence-corrected chi connectivity index (χ3v) is 7.70. The molecule has 1 unspecified atom stereocenters. The van der Waals surface area contributed by atoms with E-state index in [1.807, 2.05) is 0 Å². The average molecular weight is 477 g/mol. The van der Waals surface area contributed by atoms with Crippen LogP contribution in [0.15, 0.2) is 121 Å². The van der Waals surface area contributed by atoms with Gasteiger partial charge in [0.15, 0.2) is 0 Å². The molecule has 3 heteroatoms. The van der Waals surface area contributed by atoms with Crippen molar-refractivity contribution in [3.8, 4) is 0 Å². The Morgan fingerprint density at radius 1 is 0.611 bits per heavy atom. The predicted molar refractivity (Wildman–Crippen MR) is 147 cm³/mol. The van der Waals surface area contributed by atoms with Gasteiger partial charge < -0.3 is 5.11 Å². The van der Waals surface area contributed by atoms with Crippen LogP contribution in [-0.4, -0.2) is 39.8 Å². The summed E-state index contributed by atoms with van der Waals surface area (Å²) in [6.45, 7) is 2.72. The first-order valence-corrected chi connectivity index (χ1v) is 13.0. The molecule has 0 aliphatic carbocycles. The zero-order valence-electron chi connectivity index (χ0n) is 20.9. The van der Waals surface area contributed by atoms with Gasteiger partial charge >= 0.3 is 0 Å². The number of hydrogen-bond donors (Lipinski definition) is 1. The summed E-state index contributed by atoms with van der Waals surface area (Å²) in [4.78, 5) is 4.99. The third-order valence-electron chi connectivity index (χ3n) is 7.70. The van der Waals surface area contributed by atoms with Crippen molar-refractivity contribution in [1.82, 2.24) is 9.80 Å². The minimum atomic E-state index is -0.221. The van der Waals surface area contributed by atoms with E-state index in [2.05, 4.69) is 131 Å². The molecule has 1 aliphatic rings. The van der Waals surface area contributed by atoms with Crippen LogP contribution in [0.4, 0.5) is 0 Å². The minimum Gasteiger partial charge on any atom is -0.381 e. The Kier molecular flexibility index (Phi) is 7.92. The normalized spacial score (nSPS) is 17.4. The average Bonchev–Trinajstić information content (AvgIpc) is 3.27. The Hall–Kier alpha value is -3.24. The highest BCUT2D eigenvalue weighted by Gasteiger charge is 2.50. The highest BCUT2D eigenvalue weighted by Crippen LogP contribution is 2.40. The first-order chi connectivity index (χ1) is 17.8. The Morgan fingerprint density at radius 3 is 1.39 bits per heavy atom. The smallest absolute Gasteiger partial charge is 0.0961 e. The molecule has 4 aromatic carbocycles. The van der Waals surface area contributed by atoms with Crippen molar-refractivity contribution >= 4 is 0 Å². The van der Waals surface area contributed by atoms with E-state index in [-0.39, 0.29) is 18.3 Å². The highest BCUT2D eigenvalue weighted by molar-refractivity contribution is 5.27. The van der Waals surface area contributed by atoms with Gasteiger partial charge in [0.1, 0.15) is 0 Å². The van der Waals surface area contributed by atoms with Gasteiger partial charge in [-0.2, -0.15) is 0 Å². The number of rotatable bonds is 10. The summed E-state index contributed by atoms with van der Waals surface area (Å²) in [6, 6.07) is 43.5. The van der Waals surface area contributed by atoms with Gasteiger partial charge in [-0.15, -0.1) is 0 Å². The van der Waals surface area contributed by atoms with Gasteiger partial charge in [-0.25, -0.2) is 0 Å². The molecule has 0 saturated carbocycles. The van der Waals surface area contributed by atoms with Crippen molar-refractivity contribution in [1.29, 1.82) is 0 Å². The topological polar surface area (TPSA) is 26.7 Å². The van der Waals surface area contributed by atoms with Gasteiger partial charge in [-0.1, -0.05) is 121 Å². The van der Waals surface area contributed by atoms with Gasteiger partial charge in [0, 0.05) is 31.2 Å². The lowest BCUT2D eigenvalue weighted by Gasteiger charge is -2.46. The fourth-order valence-electron chi connectivity index (χ4n) is 6.05. The van der Waals surface area contributed by atoms with Crippen LogP contribution >= 0.6 is 0 Å². The van der Waals surface area contributed by atoms with E-state index < -0.39 is 0 Å². The third kappa shape index (κ3) is 5.60. The van der Waals surface area contributed by atoms with Crippen molar-refractivity contribution in [2.45, 2.75) is 43.9 Å². The molecule has 0 amide bonds.